The Labute approximate surface area is 107 Å². The van der Waals surface area contributed by atoms with Gasteiger partial charge in [-0.1, -0.05) is 12.1 Å². The summed E-state index contributed by atoms with van der Waals surface area (Å²) in [4.78, 5) is 8.26. The van der Waals surface area contributed by atoms with Crippen LogP contribution in [0.1, 0.15) is 22.5 Å². The largest absolute Gasteiger partial charge is 0.485 e. The zero-order valence-corrected chi connectivity index (χ0v) is 10.7. The van der Waals surface area contributed by atoms with Crippen LogP contribution in [0.2, 0.25) is 0 Å². The lowest BCUT2D eigenvalue weighted by molar-refractivity contribution is 0.291. The fourth-order valence-corrected chi connectivity index (χ4v) is 1.93. The lowest BCUT2D eigenvalue weighted by Gasteiger charge is -2.13. The van der Waals surface area contributed by atoms with Crippen LogP contribution in [0.4, 0.5) is 0 Å². The molecule has 0 spiro atoms. The molecule has 2 aromatic rings. The van der Waals surface area contributed by atoms with Gasteiger partial charge in [-0.15, -0.1) is 0 Å². The smallest absolute Gasteiger partial charge is 0.166 e. The van der Waals surface area contributed by atoms with E-state index in [0.29, 0.717) is 19.0 Å². The SMILES string of the molecule is Cc1cc(CN)cc(C)c1OCc1ncccn1. The van der Waals surface area contributed by atoms with Crippen molar-refractivity contribution in [1.29, 1.82) is 0 Å². The number of hydrogen-bond acceptors (Lipinski definition) is 4. The summed E-state index contributed by atoms with van der Waals surface area (Å²) in [6.45, 7) is 4.97. The molecule has 0 aliphatic rings. The van der Waals surface area contributed by atoms with Crippen molar-refractivity contribution in [1.82, 2.24) is 9.97 Å². The van der Waals surface area contributed by atoms with Crippen LogP contribution in [0.15, 0.2) is 30.6 Å². The molecule has 0 unspecified atom stereocenters. The fourth-order valence-electron chi connectivity index (χ4n) is 1.93. The van der Waals surface area contributed by atoms with Crippen LogP contribution in [0, 0.1) is 13.8 Å². The first kappa shape index (κ1) is 12.5. The Hall–Kier alpha value is -1.94. The molecule has 2 N–H and O–H groups in total. The molecule has 1 aromatic heterocycles. The monoisotopic (exact) mass is 243 g/mol. The van der Waals surface area contributed by atoms with Gasteiger partial charge in [0.25, 0.3) is 0 Å². The van der Waals surface area contributed by atoms with E-state index in [1.165, 1.54) is 0 Å². The van der Waals surface area contributed by atoms with Crippen molar-refractivity contribution in [2.75, 3.05) is 0 Å². The molecule has 1 aromatic carbocycles. The van der Waals surface area contributed by atoms with E-state index < -0.39 is 0 Å². The van der Waals surface area contributed by atoms with Gasteiger partial charge in [-0.3, -0.25) is 0 Å². The molecule has 94 valence electrons. The second-order valence-corrected chi connectivity index (χ2v) is 4.22. The van der Waals surface area contributed by atoms with Crippen LogP contribution in [0.25, 0.3) is 0 Å². The van der Waals surface area contributed by atoms with Gasteiger partial charge >= 0.3 is 0 Å². The quantitative estimate of drug-likeness (QED) is 0.893. The van der Waals surface area contributed by atoms with Crippen molar-refractivity contribution in [3.63, 3.8) is 0 Å². The van der Waals surface area contributed by atoms with Crippen molar-refractivity contribution >= 4 is 0 Å². The second-order valence-electron chi connectivity index (χ2n) is 4.22. The van der Waals surface area contributed by atoms with Crippen LogP contribution in [0.3, 0.4) is 0 Å². The van der Waals surface area contributed by atoms with Gasteiger partial charge in [0.15, 0.2) is 5.82 Å². The summed E-state index contributed by atoms with van der Waals surface area (Å²) in [6.07, 6.45) is 3.42. The molecule has 0 fully saturated rings. The molecule has 18 heavy (non-hydrogen) atoms. The van der Waals surface area contributed by atoms with Gasteiger partial charge in [0, 0.05) is 18.9 Å². The van der Waals surface area contributed by atoms with Gasteiger partial charge in [0.2, 0.25) is 0 Å². The van der Waals surface area contributed by atoms with Gasteiger partial charge in [0.1, 0.15) is 12.4 Å². The number of hydrogen-bond donors (Lipinski definition) is 1. The van der Waals surface area contributed by atoms with Crippen LogP contribution >= 0.6 is 0 Å². The summed E-state index contributed by atoms with van der Waals surface area (Å²) in [7, 11) is 0. The molecule has 0 radical (unpaired) electrons. The van der Waals surface area contributed by atoms with Crippen LogP contribution in [-0.4, -0.2) is 9.97 Å². The molecule has 0 aliphatic carbocycles. The lowest BCUT2D eigenvalue weighted by atomic mass is 10.1. The summed E-state index contributed by atoms with van der Waals surface area (Å²) < 4.78 is 5.79. The maximum atomic E-state index is 5.79. The third-order valence-corrected chi connectivity index (χ3v) is 2.72. The third kappa shape index (κ3) is 2.84. The molecular weight excluding hydrogens is 226 g/mol. The maximum Gasteiger partial charge on any atom is 0.166 e. The zero-order chi connectivity index (χ0) is 13.0. The molecule has 0 amide bonds. The van der Waals surface area contributed by atoms with Gasteiger partial charge in [-0.25, -0.2) is 9.97 Å². The molecule has 0 bridgehead atoms. The normalized spacial score (nSPS) is 10.4. The van der Waals surface area contributed by atoms with Gasteiger partial charge in [-0.2, -0.15) is 0 Å². The van der Waals surface area contributed by atoms with Crippen LogP contribution in [0.5, 0.6) is 5.75 Å². The highest BCUT2D eigenvalue weighted by Gasteiger charge is 2.07. The Morgan fingerprint density at radius 3 is 2.28 bits per heavy atom. The number of nitrogens with two attached hydrogens (primary N) is 1. The Bertz CT molecular complexity index is 503. The lowest BCUT2D eigenvalue weighted by Crippen LogP contribution is -2.04. The van der Waals surface area contributed by atoms with E-state index in [9.17, 15) is 0 Å². The van der Waals surface area contributed by atoms with Crippen molar-refractivity contribution in [2.45, 2.75) is 27.0 Å². The van der Waals surface area contributed by atoms with Gasteiger partial charge < -0.3 is 10.5 Å². The van der Waals surface area contributed by atoms with E-state index in [-0.39, 0.29) is 0 Å². The minimum atomic E-state index is 0.379. The average molecular weight is 243 g/mol. The number of nitrogens with zero attached hydrogens (tertiary/aromatic N) is 2. The van der Waals surface area contributed by atoms with E-state index in [0.717, 1.165) is 22.4 Å². The molecule has 1 heterocycles. The summed E-state index contributed by atoms with van der Waals surface area (Å²) in [5, 5.41) is 0. The fraction of sp³-hybridized carbons (Fsp3) is 0.286. The highest BCUT2D eigenvalue weighted by Crippen LogP contribution is 2.25. The Morgan fingerprint density at radius 1 is 1.11 bits per heavy atom. The molecule has 0 aliphatic heterocycles. The standard InChI is InChI=1S/C14H17N3O/c1-10-6-12(8-15)7-11(2)14(10)18-9-13-16-4-3-5-17-13/h3-7H,8-9,15H2,1-2H3. The summed E-state index contributed by atoms with van der Waals surface area (Å²) in [5.41, 5.74) is 8.94. The number of aromatic nitrogens is 2. The maximum absolute atomic E-state index is 5.79. The summed E-state index contributed by atoms with van der Waals surface area (Å²) in [6, 6.07) is 5.89. The van der Waals surface area contributed by atoms with E-state index in [1.807, 2.05) is 26.0 Å². The second kappa shape index (κ2) is 5.60. The molecule has 2 rings (SSSR count). The Balaban J connectivity index is 2.15. The molecule has 0 atom stereocenters. The van der Waals surface area contributed by atoms with Gasteiger partial charge in [-0.05, 0) is 36.6 Å². The van der Waals surface area contributed by atoms with Crippen LogP contribution < -0.4 is 10.5 Å². The van der Waals surface area contributed by atoms with Crippen molar-refractivity contribution in [3.05, 3.63) is 53.1 Å². The number of rotatable bonds is 4. The summed E-state index contributed by atoms with van der Waals surface area (Å²) >= 11 is 0. The Morgan fingerprint density at radius 2 is 1.72 bits per heavy atom. The summed E-state index contributed by atoms with van der Waals surface area (Å²) in [5.74, 6) is 1.57. The molecule has 4 nitrogen and oxygen atoms in total. The average Bonchev–Trinajstić information content (AvgIpc) is 2.38. The number of benzene rings is 1. The highest BCUT2D eigenvalue weighted by atomic mass is 16.5. The highest BCUT2D eigenvalue weighted by molar-refractivity contribution is 5.43. The van der Waals surface area contributed by atoms with E-state index in [1.54, 1.807) is 18.5 Å². The predicted molar refractivity (Wildman–Crippen MR) is 70.2 cm³/mol. The number of aryl methyl sites for hydroxylation is 2. The van der Waals surface area contributed by atoms with E-state index in [4.69, 9.17) is 10.5 Å². The third-order valence-electron chi connectivity index (χ3n) is 2.72. The topological polar surface area (TPSA) is 61.0 Å². The first-order valence-electron chi connectivity index (χ1n) is 5.89. The van der Waals surface area contributed by atoms with Crippen molar-refractivity contribution < 1.29 is 4.74 Å². The molecule has 0 saturated heterocycles. The van der Waals surface area contributed by atoms with Gasteiger partial charge in [0.05, 0.1) is 0 Å². The molecule has 0 saturated carbocycles. The van der Waals surface area contributed by atoms with Crippen molar-refractivity contribution in [3.8, 4) is 5.75 Å². The zero-order valence-electron chi connectivity index (χ0n) is 10.7. The van der Waals surface area contributed by atoms with E-state index in [2.05, 4.69) is 9.97 Å². The first-order chi connectivity index (χ1) is 8.70. The van der Waals surface area contributed by atoms with Crippen LogP contribution in [-0.2, 0) is 13.2 Å². The van der Waals surface area contributed by atoms with Crippen molar-refractivity contribution in [2.24, 2.45) is 5.73 Å². The minimum absolute atomic E-state index is 0.379. The molecule has 4 heteroatoms. The minimum Gasteiger partial charge on any atom is -0.485 e. The Kier molecular flexibility index (Phi) is 3.89. The first-order valence-corrected chi connectivity index (χ1v) is 5.89. The van der Waals surface area contributed by atoms with E-state index >= 15 is 0 Å². The predicted octanol–water partition coefficient (Wildman–Crippen LogP) is 2.13. The number of ether oxygens (including phenoxy) is 1. The molecular formula is C14H17N3O.